The fraction of sp³-hybridized carbons (Fsp3) is 0.385. The van der Waals surface area contributed by atoms with Crippen molar-refractivity contribution < 1.29 is 18.0 Å². The lowest BCUT2D eigenvalue weighted by Gasteiger charge is -2.18. The summed E-state index contributed by atoms with van der Waals surface area (Å²) in [5, 5.41) is 4.39. The van der Waals surface area contributed by atoms with Crippen LogP contribution in [0.5, 0.6) is 0 Å². The maximum atomic E-state index is 12.2. The number of hydrogen-bond donors (Lipinski definition) is 2. The van der Waals surface area contributed by atoms with Gasteiger partial charge in [-0.05, 0) is 32.9 Å². The molecule has 0 saturated heterocycles. The molecule has 21 heavy (non-hydrogen) atoms. The van der Waals surface area contributed by atoms with Gasteiger partial charge in [-0.1, -0.05) is 17.7 Å². The highest BCUT2D eigenvalue weighted by atomic mass is 32.2. The minimum Gasteiger partial charge on any atom is -0.336 e. The maximum absolute atomic E-state index is 12.2. The molecular weight excluding hydrogens is 294 g/mol. The molecule has 0 unspecified atom stereocenters. The van der Waals surface area contributed by atoms with Gasteiger partial charge in [0.05, 0.1) is 4.90 Å². The van der Waals surface area contributed by atoms with Gasteiger partial charge in [0, 0.05) is 13.1 Å². The van der Waals surface area contributed by atoms with Crippen LogP contribution in [-0.4, -0.2) is 37.9 Å². The van der Waals surface area contributed by atoms with E-state index in [1.54, 1.807) is 26.0 Å². The summed E-state index contributed by atoms with van der Waals surface area (Å²) in [7, 11) is -2.90. The van der Waals surface area contributed by atoms with Gasteiger partial charge in [-0.3, -0.25) is 5.32 Å². The van der Waals surface area contributed by atoms with Crippen LogP contribution in [0, 0.1) is 6.92 Å². The Morgan fingerprint density at radius 1 is 1.14 bits per heavy atom. The Bertz CT molecular complexity index is 623. The highest BCUT2D eigenvalue weighted by molar-refractivity contribution is 7.89. The van der Waals surface area contributed by atoms with Crippen molar-refractivity contribution in [3.05, 3.63) is 29.8 Å². The molecule has 0 aliphatic carbocycles. The predicted molar refractivity (Wildman–Crippen MR) is 78.3 cm³/mol. The summed E-state index contributed by atoms with van der Waals surface area (Å²) in [6.07, 6.45) is 0. The molecule has 8 heteroatoms. The summed E-state index contributed by atoms with van der Waals surface area (Å²) in [5.74, 6) is 0. The number of nitrogens with zero attached hydrogens (tertiary/aromatic N) is 1. The molecule has 116 valence electrons. The molecule has 4 amide bonds. The average molecular weight is 313 g/mol. The lowest BCUT2D eigenvalue weighted by Crippen LogP contribution is -2.48. The number of carbonyl (C=O) groups is 2. The van der Waals surface area contributed by atoms with Crippen LogP contribution in [0.25, 0.3) is 0 Å². The Hall–Kier alpha value is -2.09. The molecule has 0 fully saturated rings. The molecule has 0 heterocycles. The van der Waals surface area contributed by atoms with Gasteiger partial charge in [-0.15, -0.1) is 0 Å². The van der Waals surface area contributed by atoms with Crippen molar-refractivity contribution in [2.75, 3.05) is 7.05 Å². The maximum Gasteiger partial charge on any atom is 0.339 e. The second-order valence-electron chi connectivity index (χ2n) is 4.84. The molecule has 0 atom stereocenters. The molecule has 1 aromatic carbocycles. The molecule has 0 spiro atoms. The van der Waals surface area contributed by atoms with Crippen molar-refractivity contribution in [2.45, 2.75) is 31.7 Å². The number of rotatable bonds is 3. The van der Waals surface area contributed by atoms with E-state index in [9.17, 15) is 18.0 Å². The molecule has 0 bridgehead atoms. The Morgan fingerprint density at radius 3 is 2.14 bits per heavy atom. The number of urea groups is 2. The number of benzene rings is 1. The van der Waals surface area contributed by atoms with E-state index in [1.807, 2.05) is 12.2 Å². The van der Waals surface area contributed by atoms with Gasteiger partial charge in [0.2, 0.25) is 0 Å². The van der Waals surface area contributed by atoms with E-state index in [0.29, 0.717) is 4.31 Å². The molecule has 1 rings (SSSR count). The van der Waals surface area contributed by atoms with Crippen LogP contribution in [-0.2, 0) is 10.0 Å². The van der Waals surface area contributed by atoms with Crippen molar-refractivity contribution in [3.63, 3.8) is 0 Å². The number of nitrogens with one attached hydrogen (secondary N) is 2. The lowest BCUT2D eigenvalue weighted by molar-refractivity contribution is 0.218. The average Bonchev–Trinajstić information content (AvgIpc) is 2.37. The number of sulfonamides is 1. The monoisotopic (exact) mass is 313 g/mol. The second-order valence-corrected chi connectivity index (χ2v) is 6.81. The lowest BCUT2D eigenvalue weighted by atomic mass is 10.2. The Kier molecular flexibility index (Phi) is 5.31. The molecule has 0 aromatic heterocycles. The Balaban J connectivity index is 2.86. The van der Waals surface area contributed by atoms with E-state index in [0.717, 1.165) is 12.6 Å². The zero-order valence-corrected chi connectivity index (χ0v) is 13.2. The van der Waals surface area contributed by atoms with Crippen molar-refractivity contribution in [1.82, 2.24) is 14.9 Å². The Morgan fingerprint density at radius 2 is 1.67 bits per heavy atom. The first kappa shape index (κ1) is 17.0. The number of imide groups is 1. The third-order valence-corrected chi connectivity index (χ3v) is 4.36. The van der Waals surface area contributed by atoms with E-state index in [1.165, 1.54) is 12.1 Å². The first-order chi connectivity index (χ1) is 9.64. The third-order valence-electron chi connectivity index (χ3n) is 2.61. The van der Waals surface area contributed by atoms with Crippen molar-refractivity contribution >= 4 is 22.1 Å². The van der Waals surface area contributed by atoms with E-state index in [-0.39, 0.29) is 10.9 Å². The standard InChI is InChI=1S/C13H19N3O4S/c1-9(2)14-12(17)15-13(18)16(4)21(19,20)11-7-5-10(3)6-8-11/h5-9H,1-4H3,(H2,14,15,17,18). The van der Waals surface area contributed by atoms with Crippen LogP contribution in [0.15, 0.2) is 29.2 Å². The number of amides is 4. The van der Waals surface area contributed by atoms with E-state index >= 15 is 0 Å². The van der Waals surface area contributed by atoms with Gasteiger partial charge >= 0.3 is 12.1 Å². The number of aryl methyl sites for hydroxylation is 1. The van der Waals surface area contributed by atoms with Crippen LogP contribution in [0.2, 0.25) is 0 Å². The number of carbonyl (C=O) groups excluding carboxylic acids is 2. The summed E-state index contributed by atoms with van der Waals surface area (Å²) >= 11 is 0. The van der Waals surface area contributed by atoms with Gasteiger partial charge in [-0.25, -0.2) is 22.3 Å². The smallest absolute Gasteiger partial charge is 0.336 e. The first-order valence-electron chi connectivity index (χ1n) is 6.31. The van der Waals surface area contributed by atoms with E-state index in [4.69, 9.17) is 0 Å². The first-order valence-corrected chi connectivity index (χ1v) is 7.75. The fourth-order valence-electron chi connectivity index (χ4n) is 1.45. The summed E-state index contributed by atoms with van der Waals surface area (Å²) in [6, 6.07) is 4.13. The summed E-state index contributed by atoms with van der Waals surface area (Å²) in [4.78, 5) is 23.2. The normalized spacial score (nSPS) is 11.1. The highest BCUT2D eigenvalue weighted by Crippen LogP contribution is 2.14. The largest absolute Gasteiger partial charge is 0.339 e. The van der Waals surface area contributed by atoms with Crippen LogP contribution in [0.3, 0.4) is 0 Å². The minimum atomic E-state index is -3.99. The van der Waals surface area contributed by atoms with Crippen molar-refractivity contribution in [1.29, 1.82) is 0 Å². The summed E-state index contributed by atoms with van der Waals surface area (Å²) in [6.45, 7) is 5.26. The Labute approximate surface area is 124 Å². The van der Waals surface area contributed by atoms with Gasteiger partial charge in [-0.2, -0.15) is 0 Å². The molecule has 0 radical (unpaired) electrons. The zero-order valence-electron chi connectivity index (χ0n) is 12.4. The van der Waals surface area contributed by atoms with Crippen LogP contribution in [0.1, 0.15) is 19.4 Å². The summed E-state index contributed by atoms with van der Waals surface area (Å²) < 4.78 is 24.9. The predicted octanol–water partition coefficient (Wildman–Crippen LogP) is 1.44. The third kappa shape index (κ3) is 4.45. The van der Waals surface area contributed by atoms with Gasteiger partial charge < -0.3 is 5.32 Å². The fourth-order valence-corrected chi connectivity index (χ4v) is 2.51. The SMILES string of the molecule is Cc1ccc(S(=O)(=O)N(C)C(=O)NC(=O)NC(C)C)cc1. The minimum absolute atomic E-state index is 0.0185. The molecule has 1 aromatic rings. The second kappa shape index (κ2) is 6.57. The molecular formula is C13H19N3O4S. The van der Waals surface area contributed by atoms with Crippen LogP contribution >= 0.6 is 0 Å². The quantitative estimate of drug-likeness (QED) is 0.882. The van der Waals surface area contributed by atoms with Crippen LogP contribution < -0.4 is 10.6 Å². The van der Waals surface area contributed by atoms with Crippen molar-refractivity contribution in [2.24, 2.45) is 0 Å². The zero-order chi connectivity index (χ0) is 16.2. The molecule has 0 aliphatic heterocycles. The molecule has 0 saturated carbocycles. The van der Waals surface area contributed by atoms with Gasteiger partial charge in [0.25, 0.3) is 10.0 Å². The topological polar surface area (TPSA) is 95.6 Å². The number of hydrogen-bond acceptors (Lipinski definition) is 4. The van der Waals surface area contributed by atoms with E-state index in [2.05, 4.69) is 5.32 Å². The molecule has 2 N–H and O–H groups in total. The van der Waals surface area contributed by atoms with Crippen LogP contribution in [0.4, 0.5) is 9.59 Å². The summed E-state index contributed by atoms with van der Waals surface area (Å²) in [5.41, 5.74) is 0.900. The highest BCUT2D eigenvalue weighted by Gasteiger charge is 2.26. The molecule has 0 aliphatic rings. The van der Waals surface area contributed by atoms with E-state index < -0.39 is 22.1 Å². The van der Waals surface area contributed by atoms with Gasteiger partial charge in [0.1, 0.15) is 0 Å². The van der Waals surface area contributed by atoms with Crippen molar-refractivity contribution in [3.8, 4) is 0 Å². The molecule has 7 nitrogen and oxygen atoms in total. The van der Waals surface area contributed by atoms with Gasteiger partial charge in [0.15, 0.2) is 0 Å².